The summed E-state index contributed by atoms with van der Waals surface area (Å²) < 4.78 is 0. The molecule has 1 heterocycles. The van der Waals surface area contributed by atoms with Gasteiger partial charge in [-0.1, -0.05) is 13.8 Å². The van der Waals surface area contributed by atoms with Crippen LogP contribution in [0.15, 0.2) is 0 Å². The van der Waals surface area contributed by atoms with Gasteiger partial charge in [-0.05, 0) is 12.8 Å². The second-order valence-corrected chi connectivity index (χ2v) is 8.70. The molecule has 1 aliphatic rings. The molecular weight excluding hydrogens is 195 g/mol. The van der Waals surface area contributed by atoms with Crippen molar-refractivity contribution in [1.82, 2.24) is 0 Å². The van der Waals surface area contributed by atoms with E-state index in [1.54, 1.807) is 0 Å². The summed E-state index contributed by atoms with van der Waals surface area (Å²) in [6.45, 7) is 6.41. The summed E-state index contributed by atoms with van der Waals surface area (Å²) in [5.41, 5.74) is 12.0. The maximum atomic E-state index is 11.5. The van der Waals surface area contributed by atoms with Gasteiger partial charge in [-0.15, -0.1) is 0 Å². The average Bonchev–Trinajstić information content (AvgIpc) is 2.13. The lowest BCUT2D eigenvalue weighted by atomic mass is 9.94. The number of rotatable bonds is 2. The number of carbonyl (C=O) groups is 1. The van der Waals surface area contributed by atoms with Crippen LogP contribution in [0.2, 0.25) is 0 Å². The lowest BCUT2D eigenvalue weighted by molar-refractivity contribution is 0.264. The topological polar surface area (TPSA) is 69.1 Å². The molecule has 0 aromatic carbocycles. The number of hydrogen-bond donors (Lipinski definition) is 2. The van der Waals surface area contributed by atoms with E-state index < -0.39 is 7.26 Å². The lowest BCUT2D eigenvalue weighted by Gasteiger charge is -2.39. The third kappa shape index (κ3) is 1.80. The third-order valence-corrected chi connectivity index (χ3v) is 8.36. The summed E-state index contributed by atoms with van der Waals surface area (Å²) in [4.78, 5) is 11.5. The average molecular weight is 217 g/mol. The predicted molar refractivity (Wildman–Crippen MR) is 63.1 cm³/mol. The highest BCUT2D eigenvalue weighted by molar-refractivity contribution is 7.90. The molecule has 1 rings (SSSR count). The Balaban J connectivity index is 2.92. The van der Waals surface area contributed by atoms with Crippen LogP contribution in [0, 0.1) is 5.92 Å². The summed E-state index contributed by atoms with van der Waals surface area (Å²) in [6.07, 6.45) is 2.94. The van der Waals surface area contributed by atoms with Gasteiger partial charge in [0, 0.05) is 12.0 Å². The highest BCUT2D eigenvalue weighted by Gasteiger charge is 2.53. The summed E-state index contributed by atoms with van der Waals surface area (Å²) >= 11 is 0. The molecular formula is C10H22N2OP+. The fourth-order valence-electron chi connectivity index (χ4n) is 2.70. The number of primary amides is 1. The molecule has 0 spiro atoms. The van der Waals surface area contributed by atoms with Crippen molar-refractivity contribution in [2.45, 2.75) is 38.4 Å². The van der Waals surface area contributed by atoms with E-state index in [-0.39, 0.29) is 11.7 Å². The number of hydrogen-bond acceptors (Lipinski definition) is 2. The van der Waals surface area contributed by atoms with Crippen molar-refractivity contribution in [1.29, 1.82) is 0 Å². The zero-order chi connectivity index (χ0) is 10.9. The first-order chi connectivity index (χ1) is 6.43. The van der Waals surface area contributed by atoms with Crippen LogP contribution in [-0.4, -0.2) is 30.2 Å². The highest BCUT2D eigenvalue weighted by Crippen LogP contribution is 2.65. The van der Waals surface area contributed by atoms with Crippen LogP contribution < -0.4 is 11.5 Å². The van der Waals surface area contributed by atoms with Gasteiger partial charge in [0.05, 0.1) is 18.5 Å². The lowest BCUT2D eigenvalue weighted by Crippen LogP contribution is -2.45. The van der Waals surface area contributed by atoms with Gasteiger partial charge in [0.15, 0.2) is 0 Å². The quantitative estimate of drug-likeness (QED) is 0.693. The molecule has 82 valence electrons. The second kappa shape index (κ2) is 4.16. The zero-order valence-electron chi connectivity index (χ0n) is 9.36. The van der Waals surface area contributed by atoms with Crippen molar-refractivity contribution in [2.24, 2.45) is 17.4 Å². The Labute approximate surface area is 86.9 Å². The SMILES string of the molecule is CC[C@@H]1C(C)C(N)CC[P+]1(C)C(N)=O. The molecule has 1 saturated heterocycles. The van der Waals surface area contributed by atoms with Crippen molar-refractivity contribution in [3.8, 4) is 0 Å². The van der Waals surface area contributed by atoms with E-state index in [0.717, 1.165) is 19.0 Å². The Morgan fingerprint density at radius 3 is 2.57 bits per heavy atom. The fourth-order valence-corrected chi connectivity index (χ4v) is 6.48. The first-order valence-corrected chi connectivity index (χ1v) is 7.83. The van der Waals surface area contributed by atoms with Gasteiger partial charge in [-0.2, -0.15) is 0 Å². The minimum atomic E-state index is -1.58. The molecule has 1 fully saturated rings. The van der Waals surface area contributed by atoms with E-state index in [0.29, 0.717) is 11.6 Å². The molecule has 0 radical (unpaired) electrons. The van der Waals surface area contributed by atoms with E-state index in [4.69, 9.17) is 11.5 Å². The molecule has 14 heavy (non-hydrogen) atoms. The van der Waals surface area contributed by atoms with Gasteiger partial charge in [-0.3, -0.25) is 0 Å². The smallest absolute Gasteiger partial charge is 0.337 e. The highest BCUT2D eigenvalue weighted by atomic mass is 31.2. The predicted octanol–water partition coefficient (Wildman–Crippen LogP) is 1.86. The van der Waals surface area contributed by atoms with E-state index in [9.17, 15) is 4.79 Å². The van der Waals surface area contributed by atoms with Crippen LogP contribution >= 0.6 is 7.26 Å². The molecule has 4 atom stereocenters. The summed E-state index contributed by atoms with van der Waals surface area (Å²) in [5.74, 6) is 0.444. The molecule has 4 N–H and O–H groups in total. The summed E-state index contributed by atoms with van der Waals surface area (Å²) in [5, 5.41) is 0. The number of amides is 1. The van der Waals surface area contributed by atoms with Gasteiger partial charge in [0.25, 0.3) is 0 Å². The van der Waals surface area contributed by atoms with Crippen molar-refractivity contribution in [2.75, 3.05) is 12.8 Å². The molecule has 0 bridgehead atoms. The molecule has 4 heteroatoms. The minimum Gasteiger partial charge on any atom is -0.337 e. The van der Waals surface area contributed by atoms with E-state index in [2.05, 4.69) is 20.5 Å². The molecule has 1 aliphatic heterocycles. The fraction of sp³-hybridized carbons (Fsp3) is 0.900. The largest absolute Gasteiger partial charge is 0.356 e. The first-order valence-electron chi connectivity index (χ1n) is 5.34. The Morgan fingerprint density at radius 2 is 2.14 bits per heavy atom. The van der Waals surface area contributed by atoms with Gasteiger partial charge in [-0.25, -0.2) is 4.79 Å². The van der Waals surface area contributed by atoms with E-state index in [1.807, 2.05) is 0 Å². The van der Waals surface area contributed by atoms with Crippen molar-refractivity contribution < 1.29 is 4.79 Å². The Hall–Kier alpha value is -0.140. The number of carbonyl (C=O) groups excluding carboxylic acids is 1. The zero-order valence-corrected chi connectivity index (χ0v) is 10.3. The molecule has 3 nitrogen and oxygen atoms in total. The minimum absolute atomic E-state index is 0.0527. The van der Waals surface area contributed by atoms with E-state index in [1.165, 1.54) is 0 Å². The molecule has 0 aromatic heterocycles. The number of nitrogens with two attached hydrogens (primary N) is 2. The van der Waals surface area contributed by atoms with Crippen molar-refractivity contribution in [3.63, 3.8) is 0 Å². The maximum absolute atomic E-state index is 11.5. The Kier molecular flexibility index (Phi) is 3.54. The van der Waals surface area contributed by atoms with Gasteiger partial charge in [0.2, 0.25) is 0 Å². The van der Waals surface area contributed by atoms with Gasteiger partial charge in [0.1, 0.15) is 7.26 Å². The van der Waals surface area contributed by atoms with Gasteiger partial charge < -0.3 is 11.5 Å². The molecule has 0 aliphatic carbocycles. The van der Waals surface area contributed by atoms with Crippen LogP contribution in [0.1, 0.15) is 26.7 Å². The monoisotopic (exact) mass is 217 g/mol. The molecule has 0 saturated carbocycles. The summed E-state index contributed by atoms with van der Waals surface area (Å²) in [7, 11) is -1.58. The van der Waals surface area contributed by atoms with Crippen LogP contribution in [0.3, 0.4) is 0 Å². The molecule has 3 unspecified atom stereocenters. The summed E-state index contributed by atoms with van der Waals surface area (Å²) in [6, 6.07) is 0.257. The van der Waals surface area contributed by atoms with Crippen molar-refractivity contribution >= 4 is 12.9 Å². The second-order valence-electron chi connectivity index (χ2n) is 4.62. The maximum Gasteiger partial charge on any atom is 0.356 e. The Morgan fingerprint density at radius 1 is 1.57 bits per heavy atom. The first kappa shape index (κ1) is 11.9. The van der Waals surface area contributed by atoms with Crippen LogP contribution in [0.5, 0.6) is 0 Å². The van der Waals surface area contributed by atoms with Crippen molar-refractivity contribution in [3.05, 3.63) is 0 Å². The standard InChI is InChI=1S/C10H21N2OP/c1-4-9-7(2)8(11)5-6-14(9,3)10(12)13/h7-9H,4-6,11H2,1-3H3,(H-,12,13)/p+1/t7?,8?,9-,14?/m1/s1. The van der Waals surface area contributed by atoms with Crippen LogP contribution in [0.4, 0.5) is 4.79 Å². The van der Waals surface area contributed by atoms with Gasteiger partial charge >= 0.3 is 5.65 Å². The molecule has 0 aromatic rings. The third-order valence-electron chi connectivity index (χ3n) is 3.86. The molecule has 1 amide bonds. The van der Waals surface area contributed by atoms with E-state index >= 15 is 0 Å². The van der Waals surface area contributed by atoms with Crippen LogP contribution in [-0.2, 0) is 0 Å². The van der Waals surface area contributed by atoms with Crippen LogP contribution in [0.25, 0.3) is 0 Å². The Bertz CT molecular complexity index is 234. The normalized spacial score (nSPS) is 43.6.